The standard InChI is InChI=1S/C5H12N4/c1-4(8-6)3-5(2)9-7/h3,6-7H2,1-2H3/b8-4+,9-5+. The van der Waals surface area contributed by atoms with Gasteiger partial charge in [0.1, 0.15) is 0 Å². The first-order valence-electron chi connectivity index (χ1n) is 2.67. The molecule has 9 heavy (non-hydrogen) atoms. The third-order valence-electron chi connectivity index (χ3n) is 0.952. The molecule has 0 unspecified atom stereocenters. The van der Waals surface area contributed by atoms with Crippen molar-refractivity contribution in [1.82, 2.24) is 0 Å². The van der Waals surface area contributed by atoms with Gasteiger partial charge in [0.25, 0.3) is 0 Å². The van der Waals surface area contributed by atoms with Crippen molar-refractivity contribution in [2.24, 2.45) is 21.9 Å². The highest BCUT2D eigenvalue weighted by atomic mass is 15.1. The van der Waals surface area contributed by atoms with Crippen LogP contribution in [0.1, 0.15) is 20.3 Å². The Morgan fingerprint density at radius 1 is 1.11 bits per heavy atom. The summed E-state index contributed by atoms with van der Waals surface area (Å²) in [5.41, 5.74) is 1.67. The molecule has 0 aromatic carbocycles. The van der Waals surface area contributed by atoms with E-state index in [4.69, 9.17) is 11.7 Å². The van der Waals surface area contributed by atoms with Gasteiger partial charge in [-0.3, -0.25) is 0 Å². The molecular formula is C5H12N4. The Morgan fingerprint density at radius 2 is 1.44 bits per heavy atom. The van der Waals surface area contributed by atoms with Gasteiger partial charge in [0.05, 0.1) is 0 Å². The lowest BCUT2D eigenvalue weighted by Crippen LogP contribution is -2.05. The second-order valence-corrected chi connectivity index (χ2v) is 1.91. The van der Waals surface area contributed by atoms with E-state index in [-0.39, 0.29) is 0 Å². The largest absolute Gasteiger partial charge is 0.323 e. The van der Waals surface area contributed by atoms with Crippen LogP contribution in [0.4, 0.5) is 0 Å². The third kappa shape index (κ3) is 3.52. The number of nitrogens with zero attached hydrogens (tertiary/aromatic N) is 2. The minimum atomic E-state index is 0.660. The molecule has 0 aliphatic carbocycles. The van der Waals surface area contributed by atoms with Crippen molar-refractivity contribution < 1.29 is 0 Å². The van der Waals surface area contributed by atoms with Gasteiger partial charge in [-0.2, -0.15) is 10.2 Å². The van der Waals surface area contributed by atoms with Crippen LogP contribution in [0.15, 0.2) is 10.2 Å². The van der Waals surface area contributed by atoms with Crippen LogP contribution in [-0.2, 0) is 0 Å². The Labute approximate surface area is 54.6 Å². The van der Waals surface area contributed by atoms with Crippen LogP contribution in [-0.4, -0.2) is 11.4 Å². The summed E-state index contributed by atoms with van der Waals surface area (Å²) in [6.45, 7) is 3.66. The van der Waals surface area contributed by atoms with Gasteiger partial charge in [-0.05, 0) is 13.8 Å². The lowest BCUT2D eigenvalue weighted by atomic mass is 10.2. The molecule has 4 heteroatoms. The summed E-state index contributed by atoms with van der Waals surface area (Å²) in [6.07, 6.45) is 0.660. The van der Waals surface area contributed by atoms with E-state index in [1.54, 1.807) is 0 Å². The van der Waals surface area contributed by atoms with Crippen molar-refractivity contribution in [2.75, 3.05) is 0 Å². The molecule has 0 radical (unpaired) electrons. The summed E-state index contributed by atoms with van der Waals surface area (Å²) in [4.78, 5) is 0. The normalized spacial score (nSPS) is 14.0. The quantitative estimate of drug-likeness (QED) is 0.313. The van der Waals surface area contributed by atoms with Crippen LogP contribution in [0.2, 0.25) is 0 Å². The summed E-state index contributed by atoms with van der Waals surface area (Å²) in [5, 5.41) is 6.91. The highest BCUT2D eigenvalue weighted by Crippen LogP contribution is 1.86. The van der Waals surface area contributed by atoms with E-state index in [2.05, 4.69) is 10.2 Å². The summed E-state index contributed by atoms with van der Waals surface area (Å²) in [5.74, 6) is 9.93. The Bertz CT molecular complexity index is 120. The number of nitrogens with two attached hydrogens (primary N) is 2. The highest BCUT2D eigenvalue weighted by molar-refractivity contribution is 6.02. The molecule has 0 amide bonds. The molecule has 0 heterocycles. The second kappa shape index (κ2) is 3.88. The molecule has 0 saturated carbocycles. The lowest BCUT2D eigenvalue weighted by molar-refractivity contribution is 1.18. The molecule has 52 valence electrons. The maximum absolute atomic E-state index is 4.97. The highest BCUT2D eigenvalue weighted by Gasteiger charge is 1.92. The minimum Gasteiger partial charge on any atom is -0.323 e. The maximum atomic E-state index is 4.97. The Hall–Kier alpha value is -1.06. The first kappa shape index (κ1) is 7.94. The van der Waals surface area contributed by atoms with Crippen molar-refractivity contribution in [1.29, 1.82) is 0 Å². The lowest BCUT2D eigenvalue weighted by Gasteiger charge is -1.94. The smallest absolute Gasteiger partial charge is 0.0401 e. The molecule has 0 aromatic heterocycles. The first-order valence-corrected chi connectivity index (χ1v) is 2.67. The Kier molecular flexibility index (Phi) is 3.43. The van der Waals surface area contributed by atoms with Crippen molar-refractivity contribution in [3.63, 3.8) is 0 Å². The summed E-state index contributed by atoms with van der Waals surface area (Å²) < 4.78 is 0. The first-order chi connectivity index (χ1) is 4.20. The molecule has 0 aliphatic heterocycles. The fraction of sp³-hybridized carbons (Fsp3) is 0.600. The van der Waals surface area contributed by atoms with E-state index < -0.39 is 0 Å². The molecule has 4 nitrogen and oxygen atoms in total. The molecule has 0 atom stereocenters. The van der Waals surface area contributed by atoms with E-state index in [1.807, 2.05) is 13.8 Å². The van der Waals surface area contributed by atoms with Gasteiger partial charge in [-0.1, -0.05) is 0 Å². The molecule has 0 saturated heterocycles. The number of rotatable bonds is 2. The van der Waals surface area contributed by atoms with Gasteiger partial charge in [0.15, 0.2) is 0 Å². The molecule has 4 N–H and O–H groups in total. The average molecular weight is 128 g/mol. The second-order valence-electron chi connectivity index (χ2n) is 1.91. The van der Waals surface area contributed by atoms with Crippen LogP contribution < -0.4 is 11.7 Å². The van der Waals surface area contributed by atoms with E-state index in [0.717, 1.165) is 11.4 Å². The molecule has 0 bridgehead atoms. The molecule has 0 aliphatic rings. The van der Waals surface area contributed by atoms with E-state index >= 15 is 0 Å². The van der Waals surface area contributed by atoms with E-state index in [9.17, 15) is 0 Å². The van der Waals surface area contributed by atoms with Gasteiger partial charge < -0.3 is 11.7 Å². The van der Waals surface area contributed by atoms with Gasteiger partial charge in [0, 0.05) is 17.8 Å². The number of hydrazone groups is 2. The van der Waals surface area contributed by atoms with Crippen LogP contribution in [0, 0.1) is 0 Å². The van der Waals surface area contributed by atoms with Gasteiger partial charge in [-0.25, -0.2) is 0 Å². The predicted octanol–water partition coefficient (Wildman–Crippen LogP) is 0.0457. The number of hydrogen-bond acceptors (Lipinski definition) is 4. The predicted molar refractivity (Wildman–Crippen MR) is 39.2 cm³/mol. The minimum absolute atomic E-state index is 0.660. The van der Waals surface area contributed by atoms with Crippen LogP contribution in [0.25, 0.3) is 0 Å². The SMILES string of the molecule is C/C(C/C(C)=N/N)=N\N. The van der Waals surface area contributed by atoms with Crippen molar-refractivity contribution in [3.8, 4) is 0 Å². The van der Waals surface area contributed by atoms with E-state index in [1.165, 1.54) is 0 Å². The van der Waals surface area contributed by atoms with Gasteiger partial charge in [0.2, 0.25) is 0 Å². The topological polar surface area (TPSA) is 76.8 Å². The van der Waals surface area contributed by atoms with Crippen LogP contribution in [0.5, 0.6) is 0 Å². The fourth-order valence-electron chi connectivity index (χ4n) is 0.462. The number of hydrogen-bond donors (Lipinski definition) is 2. The van der Waals surface area contributed by atoms with Crippen molar-refractivity contribution in [3.05, 3.63) is 0 Å². The molecule has 0 spiro atoms. The Morgan fingerprint density at radius 3 is 1.67 bits per heavy atom. The molecule has 0 aromatic rings. The van der Waals surface area contributed by atoms with Crippen molar-refractivity contribution in [2.45, 2.75) is 20.3 Å². The zero-order valence-electron chi connectivity index (χ0n) is 5.76. The molecule has 0 fully saturated rings. The van der Waals surface area contributed by atoms with Gasteiger partial charge in [-0.15, -0.1) is 0 Å². The Balaban J connectivity index is 3.75. The molecule has 0 rings (SSSR count). The monoisotopic (exact) mass is 128 g/mol. The zero-order valence-corrected chi connectivity index (χ0v) is 5.76. The fourth-order valence-corrected chi connectivity index (χ4v) is 0.462. The summed E-state index contributed by atoms with van der Waals surface area (Å²) in [7, 11) is 0. The van der Waals surface area contributed by atoms with Crippen LogP contribution >= 0.6 is 0 Å². The van der Waals surface area contributed by atoms with Crippen molar-refractivity contribution >= 4 is 11.4 Å². The van der Waals surface area contributed by atoms with Crippen LogP contribution in [0.3, 0.4) is 0 Å². The van der Waals surface area contributed by atoms with E-state index in [0.29, 0.717) is 6.42 Å². The zero-order chi connectivity index (χ0) is 7.28. The molecular weight excluding hydrogens is 116 g/mol. The van der Waals surface area contributed by atoms with Gasteiger partial charge >= 0.3 is 0 Å². The summed E-state index contributed by atoms with van der Waals surface area (Å²) >= 11 is 0. The average Bonchev–Trinajstić information content (AvgIpc) is 1.87. The summed E-state index contributed by atoms with van der Waals surface area (Å²) in [6, 6.07) is 0. The third-order valence-corrected chi connectivity index (χ3v) is 0.952. The maximum Gasteiger partial charge on any atom is 0.0401 e.